The third-order valence-corrected chi connectivity index (χ3v) is 5.92. The Morgan fingerprint density at radius 3 is 2.68 bits per heavy atom. The van der Waals surface area contributed by atoms with Gasteiger partial charge in [-0.25, -0.2) is 9.97 Å². The minimum absolute atomic E-state index is 0.0148. The summed E-state index contributed by atoms with van der Waals surface area (Å²) in [5.74, 6) is 1.40. The second-order valence-electron chi connectivity index (χ2n) is 7.56. The number of carbonyl (C=O) groups is 2. The van der Waals surface area contributed by atoms with E-state index in [0.717, 1.165) is 62.3 Å². The normalized spacial score (nSPS) is 23.8. The molecule has 1 aliphatic carbocycles. The molecule has 4 rings (SSSR count). The average Bonchev–Trinajstić information content (AvgIpc) is 3.31. The monoisotopic (exact) mass is 342 g/mol. The van der Waals surface area contributed by atoms with Gasteiger partial charge in [0.25, 0.3) is 0 Å². The van der Waals surface area contributed by atoms with E-state index >= 15 is 0 Å². The second-order valence-corrected chi connectivity index (χ2v) is 7.56. The van der Waals surface area contributed by atoms with Crippen molar-refractivity contribution in [3.8, 4) is 0 Å². The fourth-order valence-electron chi connectivity index (χ4n) is 4.52. The summed E-state index contributed by atoms with van der Waals surface area (Å²) in [6.07, 6.45) is 9.06. The highest BCUT2D eigenvalue weighted by atomic mass is 16.2. The Bertz CT molecular complexity index is 684. The molecule has 2 aliphatic heterocycles. The Balaban J connectivity index is 1.49. The van der Waals surface area contributed by atoms with Crippen molar-refractivity contribution >= 4 is 11.8 Å². The van der Waals surface area contributed by atoms with Gasteiger partial charge in [-0.05, 0) is 25.7 Å². The van der Waals surface area contributed by atoms with Gasteiger partial charge in [0.2, 0.25) is 11.8 Å². The first-order valence-corrected chi connectivity index (χ1v) is 9.54. The van der Waals surface area contributed by atoms with Gasteiger partial charge in [0.1, 0.15) is 0 Å². The summed E-state index contributed by atoms with van der Waals surface area (Å²) in [4.78, 5) is 37.6. The van der Waals surface area contributed by atoms with Gasteiger partial charge in [-0.2, -0.15) is 0 Å². The van der Waals surface area contributed by atoms with Crippen LogP contribution in [0.5, 0.6) is 0 Å². The molecule has 3 aliphatic rings. The highest BCUT2D eigenvalue weighted by molar-refractivity contribution is 5.79. The smallest absolute Gasteiger partial charge is 0.225 e. The molecule has 1 saturated heterocycles. The van der Waals surface area contributed by atoms with E-state index in [9.17, 15) is 9.59 Å². The van der Waals surface area contributed by atoms with Crippen molar-refractivity contribution in [1.82, 2.24) is 19.8 Å². The second kappa shape index (κ2) is 6.73. The number of nitrogens with zero attached hydrogens (tertiary/aromatic N) is 4. The van der Waals surface area contributed by atoms with Gasteiger partial charge in [-0.3, -0.25) is 9.59 Å². The van der Waals surface area contributed by atoms with E-state index in [1.165, 1.54) is 12.8 Å². The number of fused-ring (bicyclic) bond motifs is 1. The third kappa shape index (κ3) is 3.14. The lowest BCUT2D eigenvalue weighted by Crippen LogP contribution is -2.39. The van der Waals surface area contributed by atoms with Crippen molar-refractivity contribution in [3.63, 3.8) is 0 Å². The number of carbonyl (C=O) groups excluding carboxylic acids is 2. The average molecular weight is 342 g/mol. The van der Waals surface area contributed by atoms with Crippen molar-refractivity contribution in [2.45, 2.75) is 64.5 Å². The Hall–Kier alpha value is -1.98. The zero-order valence-electron chi connectivity index (χ0n) is 14.9. The van der Waals surface area contributed by atoms with Crippen LogP contribution >= 0.6 is 0 Å². The van der Waals surface area contributed by atoms with E-state index in [1.807, 2.05) is 16.0 Å². The minimum Gasteiger partial charge on any atom is -0.338 e. The van der Waals surface area contributed by atoms with Crippen molar-refractivity contribution < 1.29 is 9.59 Å². The molecule has 0 spiro atoms. The van der Waals surface area contributed by atoms with Crippen LogP contribution in [0.4, 0.5) is 0 Å². The minimum atomic E-state index is 0.0148. The number of likely N-dealkylation sites (tertiary alicyclic amines) is 1. The highest BCUT2D eigenvalue weighted by Gasteiger charge is 2.33. The SMILES string of the molecule is CC(=O)N1CCCC1c1ncc2c(n1)CCN(C(=O)C1CCCC1)C2. The summed E-state index contributed by atoms with van der Waals surface area (Å²) in [6, 6.07) is 0.0148. The van der Waals surface area contributed by atoms with Gasteiger partial charge in [-0.15, -0.1) is 0 Å². The van der Waals surface area contributed by atoms with Crippen LogP contribution in [0.3, 0.4) is 0 Å². The van der Waals surface area contributed by atoms with Gasteiger partial charge in [-0.1, -0.05) is 12.8 Å². The van der Waals surface area contributed by atoms with Gasteiger partial charge in [0, 0.05) is 50.7 Å². The van der Waals surface area contributed by atoms with E-state index in [-0.39, 0.29) is 17.9 Å². The largest absolute Gasteiger partial charge is 0.338 e. The first-order chi connectivity index (χ1) is 12.1. The fraction of sp³-hybridized carbons (Fsp3) is 0.684. The topological polar surface area (TPSA) is 66.4 Å². The summed E-state index contributed by atoms with van der Waals surface area (Å²) < 4.78 is 0. The molecule has 1 atom stereocenters. The maximum Gasteiger partial charge on any atom is 0.225 e. The molecular weight excluding hydrogens is 316 g/mol. The van der Waals surface area contributed by atoms with E-state index in [4.69, 9.17) is 4.98 Å². The molecule has 25 heavy (non-hydrogen) atoms. The lowest BCUT2D eigenvalue weighted by Gasteiger charge is -2.31. The molecule has 6 nitrogen and oxygen atoms in total. The maximum absolute atomic E-state index is 12.6. The molecule has 2 amide bonds. The molecule has 1 saturated carbocycles. The molecule has 0 aromatic carbocycles. The van der Waals surface area contributed by atoms with E-state index in [1.54, 1.807) is 6.92 Å². The Kier molecular flexibility index (Phi) is 4.44. The van der Waals surface area contributed by atoms with E-state index in [0.29, 0.717) is 12.5 Å². The summed E-state index contributed by atoms with van der Waals surface area (Å²) in [5.41, 5.74) is 2.12. The number of hydrogen-bond acceptors (Lipinski definition) is 4. The molecule has 0 bridgehead atoms. The van der Waals surface area contributed by atoms with Crippen molar-refractivity contribution in [1.29, 1.82) is 0 Å². The third-order valence-electron chi connectivity index (χ3n) is 5.92. The Labute approximate surface area is 148 Å². The Morgan fingerprint density at radius 1 is 1.12 bits per heavy atom. The first-order valence-electron chi connectivity index (χ1n) is 9.54. The van der Waals surface area contributed by atoms with E-state index in [2.05, 4.69) is 4.98 Å². The van der Waals surface area contributed by atoms with Crippen LogP contribution in [-0.2, 0) is 22.6 Å². The predicted octanol–water partition coefficient (Wildman–Crippen LogP) is 2.23. The molecule has 134 valence electrons. The molecule has 1 aromatic rings. The molecule has 0 radical (unpaired) electrons. The lowest BCUT2D eigenvalue weighted by molar-refractivity contribution is -0.136. The van der Waals surface area contributed by atoms with Gasteiger partial charge in [0.15, 0.2) is 5.82 Å². The van der Waals surface area contributed by atoms with Gasteiger partial charge in [0.05, 0.1) is 11.7 Å². The zero-order chi connectivity index (χ0) is 17.4. The summed E-state index contributed by atoms with van der Waals surface area (Å²) in [5, 5.41) is 0. The zero-order valence-corrected chi connectivity index (χ0v) is 14.9. The summed E-state index contributed by atoms with van der Waals surface area (Å²) in [7, 11) is 0. The number of hydrogen-bond donors (Lipinski definition) is 0. The number of aromatic nitrogens is 2. The summed E-state index contributed by atoms with van der Waals surface area (Å²) >= 11 is 0. The molecular formula is C19H26N4O2. The summed E-state index contributed by atoms with van der Waals surface area (Å²) in [6.45, 7) is 3.79. The standard InChI is InChI=1S/C19H26N4O2/c1-13(24)23-9-4-7-17(23)18-20-11-15-12-22(10-8-16(15)21-18)19(25)14-5-2-3-6-14/h11,14,17H,2-10,12H2,1H3. The van der Waals surface area contributed by atoms with Crippen LogP contribution in [0.1, 0.15) is 68.6 Å². The molecule has 1 aromatic heterocycles. The molecule has 3 heterocycles. The Morgan fingerprint density at radius 2 is 1.92 bits per heavy atom. The molecule has 6 heteroatoms. The van der Waals surface area contributed by atoms with Crippen molar-refractivity contribution in [2.75, 3.05) is 13.1 Å². The van der Waals surface area contributed by atoms with Crippen LogP contribution in [0, 0.1) is 5.92 Å². The van der Waals surface area contributed by atoms with E-state index < -0.39 is 0 Å². The maximum atomic E-state index is 12.6. The number of rotatable bonds is 2. The van der Waals surface area contributed by atoms with Crippen molar-refractivity contribution in [3.05, 3.63) is 23.3 Å². The van der Waals surface area contributed by atoms with Crippen LogP contribution in [0.2, 0.25) is 0 Å². The quantitative estimate of drug-likeness (QED) is 0.827. The van der Waals surface area contributed by atoms with Gasteiger partial charge < -0.3 is 9.80 Å². The molecule has 1 unspecified atom stereocenters. The predicted molar refractivity (Wildman–Crippen MR) is 92.5 cm³/mol. The van der Waals surface area contributed by atoms with Crippen LogP contribution in [-0.4, -0.2) is 44.7 Å². The van der Waals surface area contributed by atoms with Crippen LogP contribution < -0.4 is 0 Å². The van der Waals surface area contributed by atoms with Crippen LogP contribution in [0.15, 0.2) is 6.20 Å². The van der Waals surface area contributed by atoms with Crippen LogP contribution in [0.25, 0.3) is 0 Å². The first kappa shape index (κ1) is 16.5. The number of amides is 2. The molecule has 2 fully saturated rings. The lowest BCUT2D eigenvalue weighted by atomic mass is 10.0. The fourth-order valence-corrected chi connectivity index (χ4v) is 4.52. The van der Waals surface area contributed by atoms with Crippen molar-refractivity contribution in [2.24, 2.45) is 5.92 Å². The van der Waals surface area contributed by atoms with Gasteiger partial charge >= 0.3 is 0 Å². The highest BCUT2D eigenvalue weighted by Crippen LogP contribution is 2.32. The molecule has 0 N–H and O–H groups in total.